The Morgan fingerprint density at radius 1 is 1.42 bits per heavy atom. The summed E-state index contributed by atoms with van der Waals surface area (Å²) in [5.41, 5.74) is 8.03. The van der Waals surface area contributed by atoms with E-state index in [1.807, 2.05) is 11.8 Å². The number of nitrogen functional groups attached to an aromatic ring is 1. The number of H-pyrrole nitrogens is 1. The number of nitrogens with two attached hydrogens (primary N) is 1. The summed E-state index contributed by atoms with van der Waals surface area (Å²) in [6, 6.07) is 0. The largest absolute Gasteiger partial charge is 0.395 e. The highest BCUT2D eigenvalue weighted by Gasteiger charge is 2.28. The van der Waals surface area contributed by atoms with Gasteiger partial charge in [0.1, 0.15) is 0 Å². The van der Waals surface area contributed by atoms with Gasteiger partial charge in [-0.1, -0.05) is 20.8 Å². The van der Waals surface area contributed by atoms with Gasteiger partial charge in [0.25, 0.3) is 5.91 Å². The molecule has 2 heterocycles. The zero-order valence-electron chi connectivity index (χ0n) is 12.1. The van der Waals surface area contributed by atoms with Gasteiger partial charge in [-0.25, -0.2) is 0 Å². The zero-order chi connectivity index (χ0) is 14.0. The first-order valence-electron chi connectivity index (χ1n) is 7.06. The maximum absolute atomic E-state index is 12.5. The molecule has 3 N–H and O–H groups in total. The lowest BCUT2D eigenvalue weighted by atomic mass is 9.85. The monoisotopic (exact) mass is 264 g/mol. The number of anilines is 1. The molecular formula is C14H24N4O. The molecule has 1 aromatic rings. The first kappa shape index (κ1) is 13.9. The Labute approximate surface area is 114 Å². The average Bonchev–Trinajstić information content (AvgIpc) is 2.63. The minimum absolute atomic E-state index is 0.0360. The number of hydrogen-bond acceptors (Lipinski definition) is 3. The maximum Gasteiger partial charge on any atom is 0.276 e. The Hall–Kier alpha value is -1.52. The Morgan fingerprint density at radius 3 is 2.79 bits per heavy atom. The van der Waals surface area contributed by atoms with Crippen LogP contribution in [0, 0.1) is 5.41 Å². The Kier molecular flexibility index (Phi) is 3.83. The van der Waals surface area contributed by atoms with Crippen LogP contribution >= 0.6 is 0 Å². The highest BCUT2D eigenvalue weighted by atomic mass is 16.2. The predicted molar refractivity (Wildman–Crippen MR) is 75.9 cm³/mol. The molecule has 0 aliphatic carbocycles. The zero-order valence-corrected chi connectivity index (χ0v) is 12.1. The van der Waals surface area contributed by atoms with Crippen molar-refractivity contribution < 1.29 is 4.79 Å². The normalized spacial score (nSPS) is 19.2. The number of hydrogen-bond donors (Lipinski definition) is 2. The minimum atomic E-state index is -0.0360. The molecular weight excluding hydrogens is 240 g/mol. The van der Waals surface area contributed by atoms with E-state index in [1.165, 1.54) is 0 Å². The van der Waals surface area contributed by atoms with Crippen LogP contribution in [0.5, 0.6) is 0 Å². The third-order valence-electron chi connectivity index (χ3n) is 4.07. The molecule has 1 saturated heterocycles. The van der Waals surface area contributed by atoms with E-state index < -0.39 is 0 Å². The molecule has 0 radical (unpaired) electrons. The molecule has 1 amide bonds. The summed E-state index contributed by atoms with van der Waals surface area (Å²) in [5.74, 6) is -0.0360. The molecule has 0 unspecified atom stereocenters. The molecule has 0 spiro atoms. The van der Waals surface area contributed by atoms with E-state index in [2.05, 4.69) is 24.0 Å². The second-order valence-corrected chi connectivity index (χ2v) is 6.13. The highest BCUT2D eigenvalue weighted by Crippen LogP contribution is 2.30. The van der Waals surface area contributed by atoms with Crippen LogP contribution in [0.4, 0.5) is 5.69 Å². The Bertz CT molecular complexity index is 464. The van der Waals surface area contributed by atoms with Gasteiger partial charge < -0.3 is 10.6 Å². The first-order valence-corrected chi connectivity index (χ1v) is 7.06. The van der Waals surface area contributed by atoms with Crippen molar-refractivity contribution in [3.8, 4) is 0 Å². The van der Waals surface area contributed by atoms with Gasteiger partial charge in [0.15, 0.2) is 5.69 Å². The summed E-state index contributed by atoms with van der Waals surface area (Å²) in [5, 5.41) is 6.94. The summed E-state index contributed by atoms with van der Waals surface area (Å²) in [7, 11) is 0. The van der Waals surface area contributed by atoms with Crippen molar-refractivity contribution in [1.82, 2.24) is 15.1 Å². The second kappa shape index (κ2) is 5.23. The molecule has 5 nitrogen and oxygen atoms in total. The SMILES string of the molecule is CCc1[nH]nc(C(=O)N2CCCC(C)(C)CC2)c1N. The van der Waals surface area contributed by atoms with Crippen LogP contribution in [0.3, 0.4) is 0 Å². The number of amides is 1. The lowest BCUT2D eigenvalue weighted by molar-refractivity contribution is 0.0752. The molecule has 1 fully saturated rings. The number of rotatable bonds is 2. The van der Waals surface area contributed by atoms with E-state index in [4.69, 9.17) is 5.73 Å². The fraction of sp³-hybridized carbons (Fsp3) is 0.714. The first-order chi connectivity index (χ1) is 8.94. The summed E-state index contributed by atoms with van der Waals surface area (Å²) in [6.07, 6.45) is 4.00. The van der Waals surface area contributed by atoms with Crippen LogP contribution in [0.1, 0.15) is 56.2 Å². The van der Waals surface area contributed by atoms with Gasteiger partial charge in [-0.2, -0.15) is 5.10 Å². The van der Waals surface area contributed by atoms with Gasteiger partial charge in [0.2, 0.25) is 0 Å². The van der Waals surface area contributed by atoms with Crippen molar-refractivity contribution in [3.63, 3.8) is 0 Å². The van der Waals surface area contributed by atoms with Crippen molar-refractivity contribution in [1.29, 1.82) is 0 Å². The van der Waals surface area contributed by atoms with Crippen molar-refractivity contribution in [3.05, 3.63) is 11.4 Å². The summed E-state index contributed by atoms with van der Waals surface area (Å²) in [4.78, 5) is 14.4. The van der Waals surface area contributed by atoms with Gasteiger partial charge in [0, 0.05) is 13.1 Å². The molecule has 0 bridgehead atoms. The lowest BCUT2D eigenvalue weighted by Gasteiger charge is -2.23. The van der Waals surface area contributed by atoms with E-state index in [-0.39, 0.29) is 5.91 Å². The summed E-state index contributed by atoms with van der Waals surface area (Å²) in [6.45, 7) is 8.11. The molecule has 0 aromatic carbocycles. The van der Waals surface area contributed by atoms with E-state index in [0.717, 1.165) is 44.5 Å². The van der Waals surface area contributed by atoms with E-state index in [0.29, 0.717) is 16.8 Å². The number of aromatic amines is 1. The van der Waals surface area contributed by atoms with Gasteiger partial charge in [-0.15, -0.1) is 0 Å². The minimum Gasteiger partial charge on any atom is -0.395 e. The molecule has 1 aliphatic rings. The number of aromatic nitrogens is 2. The average molecular weight is 264 g/mol. The summed E-state index contributed by atoms with van der Waals surface area (Å²) >= 11 is 0. The molecule has 1 aliphatic heterocycles. The number of nitrogens with zero attached hydrogens (tertiary/aromatic N) is 2. The van der Waals surface area contributed by atoms with Crippen LogP contribution < -0.4 is 5.73 Å². The number of carbonyl (C=O) groups is 1. The van der Waals surface area contributed by atoms with Crippen LogP contribution in [0.15, 0.2) is 0 Å². The van der Waals surface area contributed by atoms with Crippen LogP contribution in [-0.4, -0.2) is 34.1 Å². The standard InChI is InChI=1S/C14H24N4O/c1-4-10-11(15)12(17-16-10)13(19)18-8-5-6-14(2,3)7-9-18/h4-9,15H2,1-3H3,(H,16,17). The van der Waals surface area contributed by atoms with Crippen LogP contribution in [0.2, 0.25) is 0 Å². The smallest absolute Gasteiger partial charge is 0.276 e. The Morgan fingerprint density at radius 2 is 2.16 bits per heavy atom. The van der Waals surface area contributed by atoms with Crippen molar-refractivity contribution in [2.24, 2.45) is 5.41 Å². The van der Waals surface area contributed by atoms with Gasteiger partial charge >= 0.3 is 0 Å². The fourth-order valence-electron chi connectivity index (χ4n) is 2.60. The number of carbonyl (C=O) groups excluding carboxylic acids is 1. The molecule has 0 atom stereocenters. The topological polar surface area (TPSA) is 75.0 Å². The van der Waals surface area contributed by atoms with Gasteiger partial charge in [-0.05, 0) is 31.1 Å². The third kappa shape index (κ3) is 2.91. The highest BCUT2D eigenvalue weighted by molar-refractivity contribution is 5.97. The van der Waals surface area contributed by atoms with E-state index in [9.17, 15) is 4.79 Å². The predicted octanol–water partition coefficient (Wildman–Crippen LogP) is 2.21. The Balaban J connectivity index is 2.13. The van der Waals surface area contributed by atoms with Gasteiger partial charge in [0.05, 0.1) is 11.4 Å². The van der Waals surface area contributed by atoms with Crippen molar-refractivity contribution in [2.75, 3.05) is 18.8 Å². The molecule has 2 rings (SSSR count). The molecule has 5 heteroatoms. The molecule has 0 saturated carbocycles. The van der Waals surface area contributed by atoms with Crippen LogP contribution in [-0.2, 0) is 6.42 Å². The molecule has 106 valence electrons. The third-order valence-corrected chi connectivity index (χ3v) is 4.07. The van der Waals surface area contributed by atoms with Crippen molar-refractivity contribution >= 4 is 11.6 Å². The second-order valence-electron chi connectivity index (χ2n) is 6.13. The lowest BCUT2D eigenvalue weighted by Crippen LogP contribution is -2.33. The number of nitrogens with one attached hydrogen (secondary N) is 1. The molecule has 1 aromatic heterocycles. The van der Waals surface area contributed by atoms with Crippen LogP contribution in [0.25, 0.3) is 0 Å². The van der Waals surface area contributed by atoms with E-state index >= 15 is 0 Å². The molecule has 19 heavy (non-hydrogen) atoms. The number of likely N-dealkylation sites (tertiary alicyclic amines) is 1. The summed E-state index contributed by atoms with van der Waals surface area (Å²) < 4.78 is 0. The van der Waals surface area contributed by atoms with Gasteiger partial charge in [-0.3, -0.25) is 9.89 Å². The maximum atomic E-state index is 12.5. The number of aryl methyl sites for hydroxylation is 1. The van der Waals surface area contributed by atoms with Crippen molar-refractivity contribution in [2.45, 2.75) is 46.5 Å². The fourth-order valence-corrected chi connectivity index (χ4v) is 2.60. The van der Waals surface area contributed by atoms with E-state index in [1.54, 1.807) is 0 Å². The quantitative estimate of drug-likeness (QED) is 0.860.